The second-order valence-corrected chi connectivity index (χ2v) is 4.64. The quantitative estimate of drug-likeness (QED) is 0.501. The largest absolute Gasteiger partial charge is 0.484 e. The van der Waals surface area contributed by atoms with Crippen LogP contribution < -0.4 is 9.47 Å². The maximum Gasteiger partial charge on any atom is 0.269 e. The van der Waals surface area contributed by atoms with Crippen molar-refractivity contribution in [2.45, 2.75) is 6.61 Å². The summed E-state index contributed by atoms with van der Waals surface area (Å²) in [5, 5.41) is 14.4. The van der Waals surface area contributed by atoms with E-state index in [1.54, 1.807) is 18.3 Å². The van der Waals surface area contributed by atoms with Gasteiger partial charge in [0, 0.05) is 30.0 Å². The number of rotatable bonds is 6. The molecule has 24 heavy (non-hydrogen) atoms. The highest BCUT2D eigenvalue weighted by atomic mass is 16.6. The molecule has 0 saturated carbocycles. The van der Waals surface area contributed by atoms with E-state index in [1.165, 1.54) is 31.4 Å². The molecule has 0 radical (unpaired) electrons. The minimum atomic E-state index is -0.475. The maximum absolute atomic E-state index is 10.6. The average Bonchev–Trinajstić information content (AvgIpc) is 3.09. The van der Waals surface area contributed by atoms with Crippen molar-refractivity contribution in [3.05, 3.63) is 58.6 Å². The van der Waals surface area contributed by atoms with Crippen molar-refractivity contribution in [3.8, 4) is 23.0 Å². The first-order chi connectivity index (χ1) is 11.7. The van der Waals surface area contributed by atoms with Crippen LogP contribution in [-0.4, -0.2) is 27.2 Å². The standard InChI is InChI=1S/C15H12N4O5/c1-22-13-7-2-10(8-16-13)15-17-14(24-18-15)9-23-12-5-3-11(4-6-12)19(20)21/h2-8H,9H2,1H3. The summed E-state index contributed by atoms with van der Waals surface area (Å²) in [4.78, 5) is 18.4. The van der Waals surface area contributed by atoms with Gasteiger partial charge in [-0.3, -0.25) is 10.1 Å². The van der Waals surface area contributed by atoms with Gasteiger partial charge < -0.3 is 14.0 Å². The summed E-state index contributed by atoms with van der Waals surface area (Å²) in [5.41, 5.74) is 0.676. The van der Waals surface area contributed by atoms with Crippen LogP contribution in [0.3, 0.4) is 0 Å². The van der Waals surface area contributed by atoms with Gasteiger partial charge in [-0.1, -0.05) is 5.16 Å². The lowest BCUT2D eigenvalue weighted by atomic mass is 10.3. The van der Waals surface area contributed by atoms with Crippen LogP contribution >= 0.6 is 0 Å². The lowest BCUT2D eigenvalue weighted by molar-refractivity contribution is -0.384. The van der Waals surface area contributed by atoms with Crippen molar-refractivity contribution >= 4 is 5.69 Å². The number of nitrogens with zero attached hydrogens (tertiary/aromatic N) is 4. The van der Waals surface area contributed by atoms with Gasteiger partial charge in [-0.25, -0.2) is 4.98 Å². The topological polar surface area (TPSA) is 113 Å². The molecule has 2 heterocycles. The zero-order chi connectivity index (χ0) is 16.9. The number of methoxy groups -OCH3 is 1. The molecule has 0 saturated heterocycles. The average molecular weight is 328 g/mol. The van der Waals surface area contributed by atoms with E-state index < -0.39 is 4.92 Å². The monoisotopic (exact) mass is 328 g/mol. The zero-order valence-corrected chi connectivity index (χ0v) is 12.6. The van der Waals surface area contributed by atoms with Crippen LogP contribution in [0.1, 0.15) is 5.89 Å². The predicted molar refractivity (Wildman–Crippen MR) is 81.5 cm³/mol. The number of hydrogen-bond acceptors (Lipinski definition) is 8. The van der Waals surface area contributed by atoms with Gasteiger partial charge in [0.05, 0.1) is 12.0 Å². The number of aromatic nitrogens is 3. The Morgan fingerprint density at radius 2 is 2.00 bits per heavy atom. The van der Waals surface area contributed by atoms with Crippen molar-refractivity contribution in [3.63, 3.8) is 0 Å². The summed E-state index contributed by atoms with van der Waals surface area (Å²) in [7, 11) is 1.53. The molecule has 0 aliphatic heterocycles. The molecule has 0 unspecified atom stereocenters. The van der Waals surface area contributed by atoms with Gasteiger partial charge in [-0.2, -0.15) is 4.98 Å². The van der Waals surface area contributed by atoms with Crippen molar-refractivity contribution in [1.82, 2.24) is 15.1 Å². The maximum atomic E-state index is 10.6. The molecule has 0 fully saturated rings. The smallest absolute Gasteiger partial charge is 0.269 e. The molecule has 3 rings (SSSR count). The molecule has 0 amide bonds. The fraction of sp³-hybridized carbons (Fsp3) is 0.133. The third-order valence-electron chi connectivity index (χ3n) is 3.08. The lowest BCUT2D eigenvalue weighted by Gasteiger charge is -2.01. The SMILES string of the molecule is COc1ccc(-c2noc(COc3ccc([N+](=O)[O-])cc3)n2)cn1. The molecule has 0 aliphatic carbocycles. The lowest BCUT2D eigenvalue weighted by Crippen LogP contribution is -1.96. The van der Waals surface area contributed by atoms with Gasteiger partial charge in [0.2, 0.25) is 11.7 Å². The molecule has 0 aliphatic rings. The van der Waals surface area contributed by atoms with Crippen LogP contribution in [0.15, 0.2) is 47.1 Å². The molecule has 122 valence electrons. The number of non-ortho nitro benzene ring substituents is 1. The van der Waals surface area contributed by atoms with Gasteiger partial charge in [-0.05, 0) is 18.2 Å². The molecule has 0 spiro atoms. The molecule has 0 atom stereocenters. The number of ether oxygens (including phenoxy) is 2. The fourth-order valence-corrected chi connectivity index (χ4v) is 1.87. The van der Waals surface area contributed by atoms with Gasteiger partial charge >= 0.3 is 0 Å². The normalized spacial score (nSPS) is 10.4. The van der Waals surface area contributed by atoms with Crippen LogP contribution in [0, 0.1) is 10.1 Å². The Labute approximate surface area is 136 Å². The molecule has 0 N–H and O–H groups in total. The van der Waals surface area contributed by atoms with E-state index in [-0.39, 0.29) is 18.2 Å². The minimum absolute atomic E-state index is 0.00516. The number of benzene rings is 1. The summed E-state index contributed by atoms with van der Waals surface area (Å²) in [6.45, 7) is 0.0500. The Morgan fingerprint density at radius 3 is 2.62 bits per heavy atom. The first kappa shape index (κ1) is 15.4. The number of nitro groups is 1. The highest BCUT2D eigenvalue weighted by Crippen LogP contribution is 2.20. The van der Waals surface area contributed by atoms with E-state index >= 15 is 0 Å². The van der Waals surface area contributed by atoms with Gasteiger partial charge in [0.15, 0.2) is 6.61 Å². The van der Waals surface area contributed by atoms with Crippen LogP contribution in [0.5, 0.6) is 11.6 Å². The van der Waals surface area contributed by atoms with Gasteiger partial charge in [0.1, 0.15) is 5.75 Å². The second-order valence-electron chi connectivity index (χ2n) is 4.64. The highest BCUT2D eigenvalue weighted by molar-refractivity contribution is 5.53. The summed E-state index contributed by atoms with van der Waals surface area (Å²) >= 11 is 0. The first-order valence-electron chi connectivity index (χ1n) is 6.86. The van der Waals surface area contributed by atoms with E-state index in [2.05, 4.69) is 15.1 Å². The van der Waals surface area contributed by atoms with Crippen LogP contribution in [0.4, 0.5) is 5.69 Å². The Hall–Kier alpha value is -3.49. The zero-order valence-electron chi connectivity index (χ0n) is 12.6. The molecular weight excluding hydrogens is 316 g/mol. The van der Waals surface area contributed by atoms with E-state index in [4.69, 9.17) is 14.0 Å². The molecule has 9 heteroatoms. The second kappa shape index (κ2) is 6.73. The molecule has 0 bridgehead atoms. The Morgan fingerprint density at radius 1 is 1.21 bits per heavy atom. The summed E-state index contributed by atoms with van der Waals surface area (Å²) in [6, 6.07) is 9.18. The van der Waals surface area contributed by atoms with E-state index in [1.807, 2.05) is 0 Å². The molecule has 2 aromatic heterocycles. The molecule has 3 aromatic rings. The first-order valence-corrected chi connectivity index (χ1v) is 6.86. The predicted octanol–water partition coefficient (Wildman–Crippen LogP) is 2.63. The summed E-state index contributed by atoms with van der Waals surface area (Å²) < 4.78 is 15.5. The number of pyridine rings is 1. The number of hydrogen-bond donors (Lipinski definition) is 0. The Kier molecular flexibility index (Phi) is 4.32. The number of nitro benzene ring substituents is 1. The Bertz CT molecular complexity index is 830. The van der Waals surface area contributed by atoms with Crippen LogP contribution in [0.2, 0.25) is 0 Å². The third kappa shape index (κ3) is 3.46. The van der Waals surface area contributed by atoms with E-state index in [0.29, 0.717) is 23.0 Å². The summed E-state index contributed by atoms with van der Waals surface area (Å²) in [5.74, 6) is 1.61. The van der Waals surface area contributed by atoms with Gasteiger partial charge in [-0.15, -0.1) is 0 Å². The molecule has 9 nitrogen and oxygen atoms in total. The van der Waals surface area contributed by atoms with Crippen LogP contribution in [0.25, 0.3) is 11.4 Å². The summed E-state index contributed by atoms with van der Waals surface area (Å²) in [6.07, 6.45) is 1.57. The van der Waals surface area contributed by atoms with Gasteiger partial charge in [0.25, 0.3) is 11.6 Å². The van der Waals surface area contributed by atoms with Crippen molar-refractivity contribution in [1.29, 1.82) is 0 Å². The minimum Gasteiger partial charge on any atom is -0.484 e. The third-order valence-corrected chi connectivity index (χ3v) is 3.08. The molecule has 1 aromatic carbocycles. The van der Waals surface area contributed by atoms with Crippen molar-refractivity contribution in [2.24, 2.45) is 0 Å². The van der Waals surface area contributed by atoms with E-state index in [9.17, 15) is 10.1 Å². The van der Waals surface area contributed by atoms with E-state index in [0.717, 1.165) is 0 Å². The van der Waals surface area contributed by atoms with Crippen molar-refractivity contribution in [2.75, 3.05) is 7.11 Å². The molecular formula is C15H12N4O5. The fourth-order valence-electron chi connectivity index (χ4n) is 1.87. The highest BCUT2D eigenvalue weighted by Gasteiger charge is 2.10. The Balaban J connectivity index is 1.64. The van der Waals surface area contributed by atoms with Crippen molar-refractivity contribution < 1.29 is 18.9 Å². The van der Waals surface area contributed by atoms with Crippen LogP contribution in [-0.2, 0) is 6.61 Å².